The normalized spacial score (nSPS) is 13.1. The molecule has 2 nitrogen and oxygen atoms in total. The average molecular weight is 262 g/mol. The lowest BCUT2D eigenvalue weighted by atomic mass is 10.1. The molecule has 2 N–H and O–H groups in total. The Balaban J connectivity index is 2.52. The van der Waals surface area contributed by atoms with Crippen LogP contribution in [0.25, 0.3) is 0 Å². The lowest BCUT2D eigenvalue weighted by Gasteiger charge is -2.14. The van der Waals surface area contributed by atoms with Gasteiger partial charge < -0.3 is 10.4 Å². The molecule has 16 heavy (non-hydrogen) atoms. The Labute approximate surface area is 107 Å². The quantitative estimate of drug-likeness (QED) is 0.853. The minimum atomic E-state index is -0.548. The molecule has 0 amide bonds. The van der Waals surface area contributed by atoms with Crippen LogP contribution in [-0.4, -0.2) is 18.2 Å². The lowest BCUT2D eigenvalue weighted by Crippen LogP contribution is -2.25. The smallest absolute Gasteiger partial charge is 0.0914 e. The third-order valence-electron chi connectivity index (χ3n) is 2.22. The summed E-state index contributed by atoms with van der Waals surface area (Å²) in [4.78, 5) is 0. The topological polar surface area (TPSA) is 32.3 Å². The monoisotopic (exact) mass is 261 g/mol. The summed E-state index contributed by atoms with van der Waals surface area (Å²) in [6.07, 6.45) is -0.548. The molecular formula is C12H17Cl2NO. The fourth-order valence-electron chi connectivity index (χ4n) is 1.35. The first kappa shape index (κ1) is 13.8. The average Bonchev–Trinajstić information content (AvgIpc) is 2.21. The number of rotatable bonds is 5. The molecule has 0 spiro atoms. The minimum Gasteiger partial charge on any atom is -0.387 e. The summed E-state index contributed by atoms with van der Waals surface area (Å²) in [5, 5.41) is 14.1. The maximum Gasteiger partial charge on any atom is 0.0914 e. The molecule has 1 rings (SSSR count). The summed E-state index contributed by atoms with van der Waals surface area (Å²) in [7, 11) is 0. The molecular weight excluding hydrogens is 245 g/mol. The van der Waals surface area contributed by atoms with E-state index in [2.05, 4.69) is 19.2 Å². The van der Waals surface area contributed by atoms with Crippen molar-refractivity contribution in [2.45, 2.75) is 20.0 Å². The number of halogens is 2. The van der Waals surface area contributed by atoms with Crippen LogP contribution in [0.1, 0.15) is 25.5 Å². The van der Waals surface area contributed by atoms with Gasteiger partial charge in [0.25, 0.3) is 0 Å². The fourth-order valence-corrected chi connectivity index (χ4v) is 1.65. The Bertz CT molecular complexity index is 342. The van der Waals surface area contributed by atoms with Crippen molar-refractivity contribution in [2.24, 2.45) is 5.92 Å². The molecule has 1 aromatic rings. The van der Waals surface area contributed by atoms with Gasteiger partial charge in [-0.1, -0.05) is 43.1 Å². The van der Waals surface area contributed by atoms with Gasteiger partial charge in [-0.15, -0.1) is 0 Å². The zero-order valence-electron chi connectivity index (χ0n) is 9.50. The van der Waals surface area contributed by atoms with E-state index in [1.54, 1.807) is 18.2 Å². The van der Waals surface area contributed by atoms with Crippen molar-refractivity contribution >= 4 is 23.2 Å². The largest absolute Gasteiger partial charge is 0.387 e. The standard InChI is InChI=1S/C12H17Cl2NO/c1-8(2)6-15-7-12(16)9-3-4-10(13)11(14)5-9/h3-5,8,12,15-16H,6-7H2,1-2H3. The van der Waals surface area contributed by atoms with Crippen molar-refractivity contribution in [3.05, 3.63) is 33.8 Å². The molecule has 0 aliphatic heterocycles. The van der Waals surface area contributed by atoms with E-state index >= 15 is 0 Å². The second kappa shape index (κ2) is 6.45. The Morgan fingerprint density at radius 2 is 1.88 bits per heavy atom. The van der Waals surface area contributed by atoms with Gasteiger partial charge in [-0.3, -0.25) is 0 Å². The summed E-state index contributed by atoms with van der Waals surface area (Å²) in [5.74, 6) is 0.570. The van der Waals surface area contributed by atoms with Crippen molar-refractivity contribution in [1.82, 2.24) is 5.32 Å². The maximum atomic E-state index is 9.88. The molecule has 90 valence electrons. The van der Waals surface area contributed by atoms with Gasteiger partial charge >= 0.3 is 0 Å². The van der Waals surface area contributed by atoms with Crippen molar-refractivity contribution in [1.29, 1.82) is 0 Å². The zero-order valence-corrected chi connectivity index (χ0v) is 11.0. The lowest BCUT2D eigenvalue weighted by molar-refractivity contribution is 0.173. The highest BCUT2D eigenvalue weighted by Gasteiger charge is 2.09. The van der Waals surface area contributed by atoms with E-state index in [0.29, 0.717) is 22.5 Å². The zero-order chi connectivity index (χ0) is 12.1. The number of aliphatic hydroxyl groups excluding tert-OH is 1. The third-order valence-corrected chi connectivity index (χ3v) is 2.96. The molecule has 0 aliphatic carbocycles. The minimum absolute atomic E-state index is 0.474. The number of hydrogen-bond acceptors (Lipinski definition) is 2. The number of nitrogens with one attached hydrogen (secondary N) is 1. The van der Waals surface area contributed by atoms with Crippen LogP contribution in [-0.2, 0) is 0 Å². The van der Waals surface area contributed by atoms with Crippen molar-refractivity contribution < 1.29 is 5.11 Å². The summed E-state index contributed by atoms with van der Waals surface area (Å²) in [6, 6.07) is 5.19. The van der Waals surface area contributed by atoms with Crippen LogP contribution in [0.4, 0.5) is 0 Å². The van der Waals surface area contributed by atoms with E-state index < -0.39 is 6.10 Å². The second-order valence-electron chi connectivity index (χ2n) is 4.24. The summed E-state index contributed by atoms with van der Waals surface area (Å²) in [5.41, 5.74) is 0.783. The molecule has 4 heteroatoms. The van der Waals surface area contributed by atoms with E-state index in [4.69, 9.17) is 23.2 Å². The molecule has 0 aliphatic rings. The number of hydrogen-bond donors (Lipinski definition) is 2. The number of aliphatic hydroxyl groups is 1. The van der Waals surface area contributed by atoms with Crippen LogP contribution in [0.2, 0.25) is 10.0 Å². The maximum absolute atomic E-state index is 9.88. The summed E-state index contributed by atoms with van der Waals surface area (Å²) >= 11 is 11.7. The molecule has 0 saturated carbocycles. The molecule has 0 fully saturated rings. The highest BCUT2D eigenvalue weighted by Crippen LogP contribution is 2.25. The molecule has 0 heterocycles. The first-order valence-electron chi connectivity index (χ1n) is 5.34. The van der Waals surface area contributed by atoms with Crippen molar-refractivity contribution in [3.63, 3.8) is 0 Å². The molecule has 1 unspecified atom stereocenters. The molecule has 0 bridgehead atoms. The van der Waals surface area contributed by atoms with Crippen LogP contribution in [0, 0.1) is 5.92 Å². The Morgan fingerprint density at radius 3 is 2.44 bits per heavy atom. The van der Waals surface area contributed by atoms with E-state index in [-0.39, 0.29) is 0 Å². The van der Waals surface area contributed by atoms with Crippen molar-refractivity contribution in [3.8, 4) is 0 Å². The van der Waals surface area contributed by atoms with Gasteiger partial charge in [0.15, 0.2) is 0 Å². The molecule has 1 aromatic carbocycles. The highest BCUT2D eigenvalue weighted by molar-refractivity contribution is 6.42. The van der Waals surface area contributed by atoms with Gasteiger partial charge in [0.05, 0.1) is 16.1 Å². The van der Waals surface area contributed by atoms with Crippen molar-refractivity contribution in [2.75, 3.05) is 13.1 Å². The first-order chi connectivity index (χ1) is 7.50. The van der Waals surface area contributed by atoms with Gasteiger partial charge in [0.2, 0.25) is 0 Å². The first-order valence-corrected chi connectivity index (χ1v) is 6.10. The van der Waals surface area contributed by atoms with Gasteiger partial charge in [0, 0.05) is 6.54 Å². The van der Waals surface area contributed by atoms with E-state index in [9.17, 15) is 5.11 Å². The molecule has 0 saturated heterocycles. The van der Waals surface area contributed by atoms with Gasteiger partial charge in [-0.05, 0) is 30.2 Å². The fraction of sp³-hybridized carbons (Fsp3) is 0.500. The predicted molar refractivity (Wildman–Crippen MR) is 69.1 cm³/mol. The summed E-state index contributed by atoms with van der Waals surface area (Å²) < 4.78 is 0. The highest BCUT2D eigenvalue weighted by atomic mass is 35.5. The van der Waals surface area contributed by atoms with E-state index in [0.717, 1.165) is 12.1 Å². The van der Waals surface area contributed by atoms with Gasteiger partial charge in [-0.25, -0.2) is 0 Å². The molecule has 0 radical (unpaired) electrons. The van der Waals surface area contributed by atoms with E-state index in [1.165, 1.54) is 0 Å². The SMILES string of the molecule is CC(C)CNCC(O)c1ccc(Cl)c(Cl)c1. The van der Waals surface area contributed by atoms with E-state index in [1.807, 2.05) is 0 Å². The Kier molecular flexibility index (Phi) is 5.56. The summed E-state index contributed by atoms with van der Waals surface area (Å²) in [6.45, 7) is 5.66. The predicted octanol–water partition coefficient (Wildman–Crippen LogP) is 3.27. The Hall–Kier alpha value is -0.280. The van der Waals surface area contributed by atoms with Gasteiger partial charge in [-0.2, -0.15) is 0 Å². The van der Waals surface area contributed by atoms with Gasteiger partial charge in [0.1, 0.15) is 0 Å². The van der Waals surface area contributed by atoms with Crippen LogP contribution in [0.15, 0.2) is 18.2 Å². The third kappa shape index (κ3) is 4.30. The van der Waals surface area contributed by atoms with Crippen LogP contribution < -0.4 is 5.32 Å². The van der Waals surface area contributed by atoms with Crippen LogP contribution in [0.5, 0.6) is 0 Å². The number of benzene rings is 1. The van der Waals surface area contributed by atoms with Crippen LogP contribution in [0.3, 0.4) is 0 Å². The second-order valence-corrected chi connectivity index (χ2v) is 5.06. The Morgan fingerprint density at radius 1 is 1.19 bits per heavy atom. The molecule has 0 aromatic heterocycles. The molecule has 1 atom stereocenters. The van der Waals surface area contributed by atoms with Crippen LogP contribution >= 0.6 is 23.2 Å².